The van der Waals surface area contributed by atoms with Crippen LogP contribution in [0.2, 0.25) is 0 Å². The molecule has 0 aliphatic heterocycles. The van der Waals surface area contributed by atoms with E-state index < -0.39 is 9.84 Å². The monoisotopic (exact) mass is 386 g/mol. The Morgan fingerprint density at radius 2 is 2.11 bits per heavy atom. The molecule has 0 spiro atoms. The number of aryl methyl sites for hydroxylation is 1. The third-order valence-corrected chi connectivity index (χ3v) is 8.95. The van der Waals surface area contributed by atoms with Crippen molar-refractivity contribution in [1.82, 2.24) is 19.5 Å². The van der Waals surface area contributed by atoms with E-state index in [1.807, 2.05) is 12.4 Å². The van der Waals surface area contributed by atoms with Gasteiger partial charge in [-0.3, -0.25) is 0 Å². The van der Waals surface area contributed by atoms with Gasteiger partial charge in [-0.15, -0.1) is 0 Å². The highest BCUT2D eigenvalue weighted by Crippen LogP contribution is 2.45. The van der Waals surface area contributed by atoms with Crippen molar-refractivity contribution < 1.29 is 8.42 Å². The second-order valence-corrected chi connectivity index (χ2v) is 10.7. The Morgan fingerprint density at radius 1 is 1.30 bits per heavy atom. The van der Waals surface area contributed by atoms with Gasteiger partial charge >= 0.3 is 0 Å². The van der Waals surface area contributed by atoms with Crippen molar-refractivity contribution >= 4 is 31.9 Å². The molecule has 6 nitrogen and oxygen atoms in total. The maximum Gasteiger partial charge on any atom is 0.153 e. The molecule has 0 bridgehead atoms. The molecule has 0 aromatic carbocycles. The van der Waals surface area contributed by atoms with Gasteiger partial charge in [0.05, 0.1) is 22.7 Å². The van der Waals surface area contributed by atoms with Crippen LogP contribution in [-0.4, -0.2) is 38.9 Å². The number of H-pyrrole nitrogens is 1. The molecule has 3 aromatic rings. The van der Waals surface area contributed by atoms with Gasteiger partial charge in [-0.05, 0) is 50.5 Å². The molecule has 2 aliphatic carbocycles. The molecule has 0 saturated heterocycles. The van der Waals surface area contributed by atoms with Crippen molar-refractivity contribution in [2.75, 3.05) is 5.75 Å². The van der Waals surface area contributed by atoms with Gasteiger partial charge in [-0.25, -0.2) is 18.4 Å². The highest BCUT2D eigenvalue weighted by atomic mass is 32.2. The van der Waals surface area contributed by atoms with Crippen LogP contribution in [0, 0.1) is 18.8 Å². The molecule has 2 aliphatic rings. The van der Waals surface area contributed by atoms with Gasteiger partial charge in [0, 0.05) is 17.6 Å². The van der Waals surface area contributed by atoms with Crippen LogP contribution in [-0.2, 0) is 9.84 Å². The lowest BCUT2D eigenvalue weighted by atomic mass is 9.99. The number of pyridine rings is 1. The highest BCUT2D eigenvalue weighted by molar-refractivity contribution is 7.92. The number of rotatable bonds is 5. The zero-order valence-corrected chi connectivity index (χ0v) is 16.7. The largest absolute Gasteiger partial charge is 0.346 e. The van der Waals surface area contributed by atoms with Crippen LogP contribution in [0.15, 0.2) is 18.5 Å². The van der Waals surface area contributed by atoms with Gasteiger partial charge < -0.3 is 9.55 Å². The summed E-state index contributed by atoms with van der Waals surface area (Å²) >= 11 is 0. The SMILES string of the molecule is CC[C@@H]1CC(CS(=O)(=O)C2CC2)C[C@@H]1n1c(C)nc2cnc3[nH]ccc3c21. The number of hydrogen-bond donors (Lipinski definition) is 1. The van der Waals surface area contributed by atoms with E-state index in [9.17, 15) is 8.42 Å². The van der Waals surface area contributed by atoms with Crippen LogP contribution in [0.3, 0.4) is 0 Å². The van der Waals surface area contributed by atoms with Crippen molar-refractivity contribution in [2.24, 2.45) is 11.8 Å². The van der Waals surface area contributed by atoms with Gasteiger partial charge in [0.15, 0.2) is 9.84 Å². The van der Waals surface area contributed by atoms with Crippen LogP contribution < -0.4 is 0 Å². The molecule has 27 heavy (non-hydrogen) atoms. The van der Waals surface area contributed by atoms with Crippen molar-refractivity contribution in [3.63, 3.8) is 0 Å². The normalized spacial score (nSPS) is 26.4. The Morgan fingerprint density at radius 3 is 2.85 bits per heavy atom. The molecule has 3 aromatic heterocycles. The average molecular weight is 387 g/mol. The summed E-state index contributed by atoms with van der Waals surface area (Å²) in [5.74, 6) is 2.10. The molecular weight excluding hydrogens is 360 g/mol. The van der Waals surface area contributed by atoms with E-state index in [-0.39, 0.29) is 11.2 Å². The molecule has 2 saturated carbocycles. The summed E-state index contributed by atoms with van der Waals surface area (Å²) < 4.78 is 27.4. The van der Waals surface area contributed by atoms with Crippen molar-refractivity contribution in [3.05, 3.63) is 24.3 Å². The molecule has 2 fully saturated rings. The first-order valence-electron chi connectivity index (χ1n) is 10.00. The number of sulfone groups is 1. The molecule has 1 unspecified atom stereocenters. The molecule has 0 amide bonds. The number of imidazole rings is 1. The Labute approximate surface area is 159 Å². The summed E-state index contributed by atoms with van der Waals surface area (Å²) in [5, 5.41) is 1.04. The highest BCUT2D eigenvalue weighted by Gasteiger charge is 2.42. The predicted molar refractivity (Wildman–Crippen MR) is 106 cm³/mol. The first-order valence-corrected chi connectivity index (χ1v) is 11.7. The van der Waals surface area contributed by atoms with Crippen molar-refractivity contribution in [3.8, 4) is 0 Å². The standard InChI is InChI=1S/C20H26N4O2S/c1-3-14-8-13(11-27(25,26)15-4-5-15)9-18(14)24-12(2)23-17-10-22-20-16(19(17)24)6-7-21-20/h6-7,10,13-15,18H,3-5,8-9,11H2,1-2H3,(H,21,22)/t13?,14-,18+/m1/s1. The lowest BCUT2D eigenvalue weighted by Crippen LogP contribution is -2.18. The number of nitrogens with zero attached hydrogens (tertiary/aromatic N) is 3. The summed E-state index contributed by atoms with van der Waals surface area (Å²) in [6.45, 7) is 4.27. The Bertz CT molecular complexity index is 1110. The Hall–Kier alpha value is -1.89. The Kier molecular flexibility index (Phi) is 3.86. The third-order valence-electron chi connectivity index (χ3n) is 6.52. The zero-order valence-electron chi connectivity index (χ0n) is 15.9. The number of hydrogen-bond acceptors (Lipinski definition) is 4. The van der Waals surface area contributed by atoms with Crippen LogP contribution in [0.4, 0.5) is 0 Å². The third kappa shape index (κ3) is 2.78. The average Bonchev–Trinajstić information content (AvgIpc) is 3.13. The molecule has 0 radical (unpaired) electrons. The minimum absolute atomic E-state index is 0.0574. The molecule has 3 atom stereocenters. The van der Waals surface area contributed by atoms with Crippen LogP contribution in [0.25, 0.3) is 22.1 Å². The van der Waals surface area contributed by atoms with Gasteiger partial charge in [-0.2, -0.15) is 0 Å². The van der Waals surface area contributed by atoms with Gasteiger partial charge in [0.25, 0.3) is 0 Å². The first-order chi connectivity index (χ1) is 13.0. The topological polar surface area (TPSA) is 80.6 Å². The van der Waals surface area contributed by atoms with Gasteiger partial charge in [0.1, 0.15) is 17.0 Å². The quantitative estimate of drug-likeness (QED) is 0.724. The molecule has 7 heteroatoms. The second-order valence-electron chi connectivity index (χ2n) is 8.36. The molecule has 3 heterocycles. The smallest absolute Gasteiger partial charge is 0.153 e. The summed E-state index contributed by atoms with van der Waals surface area (Å²) in [4.78, 5) is 12.4. The van der Waals surface area contributed by atoms with E-state index in [0.29, 0.717) is 17.7 Å². The number of fused-ring (bicyclic) bond motifs is 3. The second kappa shape index (κ2) is 6.06. The Balaban J connectivity index is 1.55. The van der Waals surface area contributed by atoms with E-state index in [0.717, 1.165) is 60.0 Å². The maximum atomic E-state index is 12.5. The summed E-state index contributed by atoms with van der Waals surface area (Å²) in [6, 6.07) is 2.37. The van der Waals surface area contributed by atoms with E-state index in [4.69, 9.17) is 4.98 Å². The lowest BCUT2D eigenvalue weighted by Gasteiger charge is -2.22. The zero-order chi connectivity index (χ0) is 18.8. The van der Waals surface area contributed by atoms with Gasteiger partial charge in [-0.1, -0.05) is 13.3 Å². The summed E-state index contributed by atoms with van der Waals surface area (Å²) in [6.07, 6.45) is 8.45. The fourth-order valence-corrected chi connectivity index (χ4v) is 7.17. The minimum Gasteiger partial charge on any atom is -0.346 e. The van der Waals surface area contributed by atoms with Crippen molar-refractivity contribution in [2.45, 2.75) is 57.2 Å². The number of aromatic nitrogens is 4. The van der Waals surface area contributed by atoms with Crippen LogP contribution >= 0.6 is 0 Å². The number of nitrogens with one attached hydrogen (secondary N) is 1. The van der Waals surface area contributed by atoms with Crippen LogP contribution in [0.5, 0.6) is 0 Å². The number of aromatic amines is 1. The van der Waals surface area contributed by atoms with Gasteiger partial charge in [0.2, 0.25) is 0 Å². The minimum atomic E-state index is -2.91. The summed E-state index contributed by atoms with van der Waals surface area (Å²) in [5.41, 5.74) is 2.93. The van der Waals surface area contributed by atoms with E-state index in [2.05, 4.69) is 34.4 Å². The predicted octanol–water partition coefficient (Wildman–Crippen LogP) is 3.78. The van der Waals surface area contributed by atoms with Crippen molar-refractivity contribution in [1.29, 1.82) is 0 Å². The lowest BCUT2D eigenvalue weighted by molar-refractivity contribution is 0.372. The fraction of sp³-hybridized carbons (Fsp3) is 0.600. The fourth-order valence-electron chi connectivity index (χ4n) is 5.11. The first kappa shape index (κ1) is 17.2. The molecular formula is C20H26N4O2S. The van der Waals surface area contributed by atoms with E-state index >= 15 is 0 Å². The van der Waals surface area contributed by atoms with E-state index in [1.54, 1.807) is 0 Å². The maximum absolute atomic E-state index is 12.5. The van der Waals surface area contributed by atoms with Crippen LogP contribution in [0.1, 0.15) is 50.9 Å². The molecule has 144 valence electrons. The summed E-state index contributed by atoms with van der Waals surface area (Å²) in [7, 11) is -2.91. The molecule has 1 N–H and O–H groups in total. The van der Waals surface area contributed by atoms with E-state index in [1.165, 1.54) is 0 Å². The molecule has 5 rings (SSSR count).